The van der Waals surface area contributed by atoms with Gasteiger partial charge >= 0.3 is 0 Å². The molecule has 0 saturated heterocycles. The van der Waals surface area contributed by atoms with E-state index in [0.29, 0.717) is 0 Å². The second kappa shape index (κ2) is 8.84. The van der Waals surface area contributed by atoms with Crippen molar-refractivity contribution in [1.29, 1.82) is 0 Å². The van der Waals surface area contributed by atoms with Crippen LogP contribution in [0.4, 0.5) is 0 Å². The minimum atomic E-state index is 0.126. The van der Waals surface area contributed by atoms with E-state index in [-0.39, 0.29) is 5.78 Å². The Morgan fingerprint density at radius 2 is 1.54 bits per heavy atom. The topological polar surface area (TPSA) is 22.0 Å². The van der Waals surface area contributed by atoms with E-state index in [1.54, 1.807) is 0 Å². The monoisotopic (exact) mass is 347 g/mol. The third-order valence-electron chi connectivity index (χ3n) is 5.18. The lowest BCUT2D eigenvalue weighted by atomic mass is 9.99. The van der Waals surface area contributed by atoms with Gasteiger partial charge in [-0.05, 0) is 25.0 Å². The van der Waals surface area contributed by atoms with Crippen LogP contribution in [0.5, 0.6) is 0 Å². The molecule has 0 amide bonds. The maximum atomic E-state index is 13.1. The van der Waals surface area contributed by atoms with Crippen LogP contribution in [0.2, 0.25) is 0 Å². The van der Waals surface area contributed by atoms with Gasteiger partial charge in [0.2, 0.25) is 0 Å². The highest BCUT2D eigenvalue weighted by Crippen LogP contribution is 2.25. The molecule has 26 heavy (non-hydrogen) atoms. The minimum Gasteiger partial charge on any atom is -0.347 e. The second-order valence-electron chi connectivity index (χ2n) is 7.17. The third kappa shape index (κ3) is 4.07. The molecule has 0 fully saturated rings. The van der Waals surface area contributed by atoms with Gasteiger partial charge in [0, 0.05) is 34.8 Å². The Balaban J connectivity index is 1.81. The van der Waals surface area contributed by atoms with Crippen LogP contribution in [0.25, 0.3) is 10.9 Å². The molecule has 0 unspecified atom stereocenters. The average molecular weight is 348 g/mol. The van der Waals surface area contributed by atoms with E-state index in [4.69, 9.17) is 0 Å². The first kappa shape index (κ1) is 18.4. The maximum absolute atomic E-state index is 13.1. The predicted octanol–water partition coefficient (Wildman–Crippen LogP) is 6.54. The number of carbonyl (C=O) groups is 1. The minimum absolute atomic E-state index is 0.126. The van der Waals surface area contributed by atoms with Crippen LogP contribution in [0.3, 0.4) is 0 Å². The molecule has 2 aromatic carbocycles. The zero-order valence-electron chi connectivity index (χ0n) is 16.0. The molecule has 0 bridgehead atoms. The van der Waals surface area contributed by atoms with Gasteiger partial charge in [0.15, 0.2) is 5.78 Å². The molecule has 3 aromatic rings. The average Bonchev–Trinajstić information content (AvgIpc) is 3.03. The Kier molecular flexibility index (Phi) is 6.27. The van der Waals surface area contributed by atoms with Crippen molar-refractivity contribution in [3.05, 3.63) is 71.4 Å². The summed E-state index contributed by atoms with van der Waals surface area (Å²) in [6.07, 6.45) is 9.75. The number of fused-ring (bicyclic) bond motifs is 1. The summed E-state index contributed by atoms with van der Waals surface area (Å²) in [5.74, 6) is 0.126. The molecule has 0 spiro atoms. The number of aryl methyl sites for hydroxylation is 2. The first-order valence-corrected chi connectivity index (χ1v) is 9.90. The summed E-state index contributed by atoms with van der Waals surface area (Å²) < 4.78 is 2.26. The van der Waals surface area contributed by atoms with Gasteiger partial charge in [-0.1, -0.05) is 81.5 Å². The van der Waals surface area contributed by atoms with Gasteiger partial charge in [-0.15, -0.1) is 0 Å². The molecule has 1 aromatic heterocycles. The summed E-state index contributed by atoms with van der Waals surface area (Å²) in [6.45, 7) is 5.23. The summed E-state index contributed by atoms with van der Waals surface area (Å²) in [4.78, 5) is 13.1. The number of benzene rings is 2. The quantitative estimate of drug-likeness (QED) is 0.318. The Morgan fingerprint density at radius 1 is 0.846 bits per heavy atom. The number of para-hydroxylation sites is 1. The zero-order chi connectivity index (χ0) is 18.4. The van der Waals surface area contributed by atoms with Crippen molar-refractivity contribution in [3.8, 4) is 0 Å². The Morgan fingerprint density at radius 3 is 2.35 bits per heavy atom. The van der Waals surface area contributed by atoms with E-state index in [9.17, 15) is 4.79 Å². The largest absolute Gasteiger partial charge is 0.347 e. The lowest BCUT2D eigenvalue weighted by molar-refractivity contribution is 0.103. The SMILES string of the molecule is CCCCCCCCn1cc(C(=O)c2ccccc2C)c2ccccc21. The van der Waals surface area contributed by atoms with E-state index in [2.05, 4.69) is 35.9 Å². The van der Waals surface area contributed by atoms with Gasteiger partial charge in [-0.2, -0.15) is 0 Å². The van der Waals surface area contributed by atoms with Crippen molar-refractivity contribution < 1.29 is 4.79 Å². The number of unbranched alkanes of at least 4 members (excludes halogenated alkanes) is 5. The van der Waals surface area contributed by atoms with Crippen molar-refractivity contribution in [2.75, 3.05) is 0 Å². The molecule has 0 N–H and O–H groups in total. The molecule has 0 saturated carbocycles. The second-order valence-corrected chi connectivity index (χ2v) is 7.17. The van der Waals surface area contributed by atoms with Gasteiger partial charge in [0.05, 0.1) is 0 Å². The summed E-state index contributed by atoms with van der Waals surface area (Å²) in [5.41, 5.74) is 3.82. The van der Waals surface area contributed by atoms with Crippen molar-refractivity contribution in [3.63, 3.8) is 0 Å². The lowest BCUT2D eigenvalue weighted by Crippen LogP contribution is -2.03. The number of nitrogens with zero attached hydrogens (tertiary/aromatic N) is 1. The van der Waals surface area contributed by atoms with Crippen LogP contribution in [0.1, 0.15) is 66.9 Å². The summed E-state index contributed by atoms with van der Waals surface area (Å²) in [5, 5.41) is 1.06. The normalized spacial score (nSPS) is 11.2. The first-order chi connectivity index (χ1) is 12.7. The molecule has 0 aliphatic heterocycles. The first-order valence-electron chi connectivity index (χ1n) is 9.90. The fourth-order valence-corrected chi connectivity index (χ4v) is 3.65. The molecule has 2 nitrogen and oxygen atoms in total. The molecule has 136 valence electrons. The molecule has 3 rings (SSSR count). The van der Waals surface area contributed by atoms with E-state index in [1.165, 1.54) is 38.5 Å². The van der Waals surface area contributed by atoms with Gasteiger partial charge in [0.1, 0.15) is 0 Å². The van der Waals surface area contributed by atoms with Gasteiger partial charge in [-0.3, -0.25) is 4.79 Å². The number of ketones is 1. The van der Waals surface area contributed by atoms with E-state index < -0.39 is 0 Å². The number of aromatic nitrogens is 1. The number of hydrogen-bond donors (Lipinski definition) is 0. The fourth-order valence-electron chi connectivity index (χ4n) is 3.65. The summed E-state index contributed by atoms with van der Waals surface area (Å²) >= 11 is 0. The van der Waals surface area contributed by atoms with Crippen molar-refractivity contribution >= 4 is 16.7 Å². The van der Waals surface area contributed by atoms with Crippen LogP contribution in [0, 0.1) is 6.92 Å². The van der Waals surface area contributed by atoms with E-state index in [0.717, 1.165) is 34.1 Å². The zero-order valence-corrected chi connectivity index (χ0v) is 16.0. The van der Waals surface area contributed by atoms with Crippen LogP contribution >= 0.6 is 0 Å². The van der Waals surface area contributed by atoms with Crippen LogP contribution in [0.15, 0.2) is 54.7 Å². The van der Waals surface area contributed by atoms with E-state index >= 15 is 0 Å². The van der Waals surface area contributed by atoms with Crippen LogP contribution in [-0.4, -0.2) is 10.4 Å². The van der Waals surface area contributed by atoms with Crippen molar-refractivity contribution in [1.82, 2.24) is 4.57 Å². The van der Waals surface area contributed by atoms with Gasteiger partial charge in [0.25, 0.3) is 0 Å². The fraction of sp³-hybridized carbons (Fsp3) is 0.375. The third-order valence-corrected chi connectivity index (χ3v) is 5.18. The lowest BCUT2D eigenvalue weighted by Gasteiger charge is -2.05. The Labute approximate surface area is 156 Å². The summed E-state index contributed by atoms with van der Waals surface area (Å²) in [7, 11) is 0. The van der Waals surface area contributed by atoms with Crippen molar-refractivity contribution in [2.24, 2.45) is 0 Å². The molecule has 0 aliphatic rings. The smallest absolute Gasteiger partial charge is 0.195 e. The molecular weight excluding hydrogens is 318 g/mol. The molecule has 0 atom stereocenters. The number of carbonyl (C=O) groups excluding carboxylic acids is 1. The molecule has 0 radical (unpaired) electrons. The Bertz CT molecular complexity index is 875. The molecule has 1 heterocycles. The van der Waals surface area contributed by atoms with Crippen LogP contribution < -0.4 is 0 Å². The van der Waals surface area contributed by atoms with Gasteiger partial charge < -0.3 is 4.57 Å². The maximum Gasteiger partial charge on any atom is 0.195 e. The number of hydrogen-bond acceptors (Lipinski definition) is 1. The highest BCUT2D eigenvalue weighted by atomic mass is 16.1. The Hall–Kier alpha value is -2.35. The number of rotatable bonds is 9. The van der Waals surface area contributed by atoms with Gasteiger partial charge in [-0.25, -0.2) is 0 Å². The highest BCUT2D eigenvalue weighted by molar-refractivity contribution is 6.17. The molecule has 2 heteroatoms. The molecular formula is C24H29NO. The standard InChI is InChI=1S/C24H29NO/c1-3-4-5-6-7-12-17-25-18-22(21-15-10-11-16-23(21)25)24(26)20-14-9-8-13-19(20)2/h8-11,13-16,18H,3-7,12,17H2,1-2H3. The van der Waals surface area contributed by atoms with Crippen LogP contribution in [-0.2, 0) is 6.54 Å². The van der Waals surface area contributed by atoms with E-state index in [1.807, 2.05) is 37.3 Å². The molecule has 0 aliphatic carbocycles. The van der Waals surface area contributed by atoms with Crippen molar-refractivity contribution in [2.45, 2.75) is 58.9 Å². The summed E-state index contributed by atoms with van der Waals surface area (Å²) in [6, 6.07) is 16.1. The highest BCUT2D eigenvalue weighted by Gasteiger charge is 2.17. The predicted molar refractivity (Wildman–Crippen MR) is 110 cm³/mol.